The van der Waals surface area contributed by atoms with Gasteiger partial charge in [0.1, 0.15) is 5.60 Å². The molecule has 2 fully saturated rings. The van der Waals surface area contributed by atoms with Crippen LogP contribution in [0.1, 0.15) is 36.8 Å². The van der Waals surface area contributed by atoms with E-state index in [0.717, 1.165) is 44.0 Å². The highest BCUT2D eigenvalue weighted by atomic mass is 32.2. The van der Waals surface area contributed by atoms with Crippen LogP contribution >= 0.6 is 11.8 Å². The van der Waals surface area contributed by atoms with Crippen LogP contribution in [-0.4, -0.2) is 52.2 Å². The molecule has 2 aliphatic rings. The fraction of sp³-hybridized carbons (Fsp3) is 0.632. The highest BCUT2D eigenvalue weighted by molar-refractivity contribution is 7.99. The molecule has 2 heterocycles. The number of aliphatic hydroxyl groups is 1. The average Bonchev–Trinajstić information content (AvgIpc) is 2.57. The zero-order valence-electron chi connectivity index (χ0n) is 14.5. The summed E-state index contributed by atoms with van der Waals surface area (Å²) in [5.41, 5.74) is 1.52. The minimum Gasteiger partial charge on any atom is -0.380 e. The number of carbonyl (C=O) groups is 1. The van der Waals surface area contributed by atoms with Crippen LogP contribution in [-0.2, 0) is 11.3 Å². The predicted octanol–water partition coefficient (Wildman–Crippen LogP) is 2.33. The van der Waals surface area contributed by atoms with Crippen molar-refractivity contribution in [1.29, 1.82) is 0 Å². The number of piperidine rings is 1. The van der Waals surface area contributed by atoms with E-state index in [0.29, 0.717) is 12.8 Å². The van der Waals surface area contributed by atoms with Crippen molar-refractivity contribution in [2.75, 3.05) is 24.6 Å². The first-order valence-electron chi connectivity index (χ1n) is 8.94. The van der Waals surface area contributed by atoms with Gasteiger partial charge in [0, 0.05) is 25.7 Å². The van der Waals surface area contributed by atoms with E-state index in [2.05, 4.69) is 41.4 Å². The van der Waals surface area contributed by atoms with E-state index in [1.165, 1.54) is 11.1 Å². The molecule has 1 amide bonds. The van der Waals surface area contributed by atoms with E-state index in [9.17, 15) is 9.90 Å². The quantitative estimate of drug-likeness (QED) is 0.877. The van der Waals surface area contributed by atoms with Crippen LogP contribution in [0, 0.1) is 6.92 Å². The number of thioether (sulfide) groups is 1. The highest BCUT2D eigenvalue weighted by Crippen LogP contribution is 2.27. The fourth-order valence-electron chi connectivity index (χ4n) is 3.56. The second-order valence-electron chi connectivity index (χ2n) is 7.16. The molecule has 0 aromatic heterocycles. The van der Waals surface area contributed by atoms with E-state index in [4.69, 9.17) is 0 Å². The Labute approximate surface area is 149 Å². The predicted molar refractivity (Wildman–Crippen MR) is 99.1 cm³/mol. The van der Waals surface area contributed by atoms with Gasteiger partial charge in [-0.2, -0.15) is 11.8 Å². The van der Waals surface area contributed by atoms with Crippen molar-refractivity contribution < 1.29 is 9.90 Å². The molecule has 0 radical (unpaired) electrons. The van der Waals surface area contributed by atoms with Crippen molar-refractivity contribution >= 4 is 17.7 Å². The number of likely N-dealkylation sites (tertiary alicyclic amines) is 1. The van der Waals surface area contributed by atoms with Crippen molar-refractivity contribution in [1.82, 2.24) is 10.2 Å². The third-order valence-corrected chi connectivity index (χ3v) is 6.14. The largest absolute Gasteiger partial charge is 0.380 e. The lowest BCUT2D eigenvalue weighted by atomic mass is 9.94. The number of nitrogens with one attached hydrogen (secondary N) is 1. The Morgan fingerprint density at radius 1 is 1.33 bits per heavy atom. The first kappa shape index (κ1) is 17.8. The van der Waals surface area contributed by atoms with E-state index >= 15 is 0 Å². The molecule has 5 heteroatoms. The standard InChI is InChI=1S/C19H28N2O2S/c1-15-3-2-4-16(13-15)14-21-9-5-17(6-10-21)20-18(22)19(23)7-11-24-12-8-19/h2-4,13,17,23H,5-12,14H2,1H3,(H,20,22). The van der Waals surface area contributed by atoms with Crippen molar-refractivity contribution in [3.05, 3.63) is 35.4 Å². The molecule has 0 spiro atoms. The van der Waals surface area contributed by atoms with Crippen LogP contribution in [0.25, 0.3) is 0 Å². The number of benzene rings is 1. The number of aryl methyl sites for hydroxylation is 1. The Hall–Kier alpha value is -1.04. The summed E-state index contributed by atoms with van der Waals surface area (Å²) in [5, 5.41) is 13.6. The molecule has 1 aromatic rings. The average molecular weight is 349 g/mol. The van der Waals surface area contributed by atoms with Gasteiger partial charge in [-0.05, 0) is 49.7 Å². The Balaban J connectivity index is 1.46. The van der Waals surface area contributed by atoms with Crippen LogP contribution in [0.15, 0.2) is 24.3 Å². The highest BCUT2D eigenvalue weighted by Gasteiger charge is 2.38. The zero-order chi connectivity index (χ0) is 17.0. The second kappa shape index (κ2) is 7.89. The summed E-state index contributed by atoms with van der Waals surface area (Å²) in [6, 6.07) is 8.85. The molecule has 4 nitrogen and oxygen atoms in total. The topological polar surface area (TPSA) is 52.6 Å². The Morgan fingerprint density at radius 3 is 2.71 bits per heavy atom. The third kappa shape index (κ3) is 4.52. The molecule has 2 N–H and O–H groups in total. The molecule has 0 aliphatic carbocycles. The minimum absolute atomic E-state index is 0.153. The van der Waals surface area contributed by atoms with Gasteiger partial charge in [-0.1, -0.05) is 29.8 Å². The van der Waals surface area contributed by atoms with Crippen molar-refractivity contribution in [3.8, 4) is 0 Å². The maximum absolute atomic E-state index is 12.4. The van der Waals surface area contributed by atoms with Gasteiger partial charge in [-0.25, -0.2) is 0 Å². The normalized spacial score (nSPS) is 22.2. The maximum Gasteiger partial charge on any atom is 0.252 e. The molecule has 2 aliphatic heterocycles. The number of nitrogens with zero attached hydrogens (tertiary/aromatic N) is 1. The van der Waals surface area contributed by atoms with Crippen molar-refractivity contribution in [3.63, 3.8) is 0 Å². The number of hydrogen-bond donors (Lipinski definition) is 2. The van der Waals surface area contributed by atoms with Crippen molar-refractivity contribution in [2.45, 2.75) is 50.8 Å². The van der Waals surface area contributed by atoms with E-state index in [1.54, 1.807) is 0 Å². The van der Waals surface area contributed by atoms with Crippen LogP contribution in [0.4, 0.5) is 0 Å². The smallest absolute Gasteiger partial charge is 0.252 e. The Bertz CT molecular complexity index is 564. The fourth-order valence-corrected chi connectivity index (χ4v) is 4.73. The lowest BCUT2D eigenvalue weighted by molar-refractivity contribution is -0.141. The van der Waals surface area contributed by atoms with Crippen molar-refractivity contribution in [2.24, 2.45) is 0 Å². The van der Waals surface area contributed by atoms with Gasteiger partial charge in [0.25, 0.3) is 5.91 Å². The molecular weight excluding hydrogens is 320 g/mol. The van der Waals surface area contributed by atoms with Crippen LogP contribution in [0.5, 0.6) is 0 Å². The maximum atomic E-state index is 12.4. The Morgan fingerprint density at radius 2 is 2.04 bits per heavy atom. The van der Waals surface area contributed by atoms with Gasteiger partial charge in [0.2, 0.25) is 0 Å². The summed E-state index contributed by atoms with van der Waals surface area (Å²) in [5.74, 6) is 1.59. The zero-order valence-corrected chi connectivity index (χ0v) is 15.3. The molecule has 3 rings (SSSR count). The van der Waals surface area contributed by atoms with E-state index in [-0.39, 0.29) is 11.9 Å². The summed E-state index contributed by atoms with van der Waals surface area (Å²) in [7, 11) is 0. The monoisotopic (exact) mass is 348 g/mol. The van der Waals surface area contributed by atoms with Gasteiger partial charge in [-0.15, -0.1) is 0 Å². The van der Waals surface area contributed by atoms with Gasteiger partial charge >= 0.3 is 0 Å². The molecule has 0 atom stereocenters. The van der Waals surface area contributed by atoms with Gasteiger partial charge in [0.05, 0.1) is 0 Å². The lowest BCUT2D eigenvalue weighted by Crippen LogP contribution is -2.54. The number of hydrogen-bond acceptors (Lipinski definition) is 4. The number of rotatable bonds is 4. The van der Waals surface area contributed by atoms with Crippen LogP contribution in [0.2, 0.25) is 0 Å². The minimum atomic E-state index is -1.13. The molecule has 2 saturated heterocycles. The van der Waals surface area contributed by atoms with E-state index < -0.39 is 5.60 Å². The molecule has 0 saturated carbocycles. The van der Waals surface area contributed by atoms with Crippen LogP contribution in [0.3, 0.4) is 0 Å². The second-order valence-corrected chi connectivity index (χ2v) is 8.38. The molecular formula is C19H28N2O2S. The number of amides is 1. The summed E-state index contributed by atoms with van der Waals surface area (Å²) in [6.45, 7) is 5.09. The summed E-state index contributed by atoms with van der Waals surface area (Å²) in [4.78, 5) is 14.9. The Kier molecular flexibility index (Phi) is 5.85. The van der Waals surface area contributed by atoms with Gasteiger partial charge in [-0.3, -0.25) is 9.69 Å². The van der Waals surface area contributed by atoms with Gasteiger partial charge < -0.3 is 10.4 Å². The van der Waals surface area contributed by atoms with Gasteiger partial charge in [0.15, 0.2) is 0 Å². The molecule has 0 bridgehead atoms. The molecule has 132 valence electrons. The summed E-state index contributed by atoms with van der Waals surface area (Å²) < 4.78 is 0. The van der Waals surface area contributed by atoms with Crippen LogP contribution < -0.4 is 5.32 Å². The SMILES string of the molecule is Cc1cccc(CN2CCC(NC(=O)C3(O)CCSCC3)CC2)c1. The summed E-state index contributed by atoms with van der Waals surface area (Å²) in [6.07, 6.45) is 3.08. The first-order valence-corrected chi connectivity index (χ1v) is 10.1. The summed E-state index contributed by atoms with van der Waals surface area (Å²) >= 11 is 1.82. The molecule has 0 unspecified atom stereocenters. The molecule has 1 aromatic carbocycles. The number of carbonyl (C=O) groups excluding carboxylic acids is 1. The van der Waals surface area contributed by atoms with E-state index in [1.807, 2.05) is 11.8 Å². The molecule has 24 heavy (non-hydrogen) atoms. The lowest BCUT2D eigenvalue weighted by Gasteiger charge is -2.36. The third-order valence-electron chi connectivity index (χ3n) is 5.15. The first-order chi connectivity index (χ1) is 11.5.